The van der Waals surface area contributed by atoms with Gasteiger partial charge in [-0.1, -0.05) is 48.5 Å². The molecule has 0 radical (unpaired) electrons. The van der Waals surface area contributed by atoms with Crippen LogP contribution in [0.15, 0.2) is 59.6 Å². The predicted molar refractivity (Wildman–Crippen MR) is 122 cm³/mol. The Morgan fingerprint density at radius 1 is 1.07 bits per heavy atom. The van der Waals surface area contributed by atoms with Crippen LogP contribution in [0.25, 0.3) is 0 Å². The zero-order valence-corrected chi connectivity index (χ0v) is 18.1. The molecule has 30 heavy (non-hydrogen) atoms. The molecule has 1 saturated heterocycles. The smallest absolute Gasteiger partial charge is 0.191 e. The summed E-state index contributed by atoms with van der Waals surface area (Å²) in [6.07, 6.45) is 2.25. The van der Waals surface area contributed by atoms with E-state index in [-0.39, 0.29) is 0 Å². The lowest BCUT2D eigenvalue weighted by Gasteiger charge is -2.33. The molecular weight excluding hydrogens is 376 g/mol. The maximum Gasteiger partial charge on any atom is 0.191 e. The third-order valence-corrected chi connectivity index (χ3v) is 5.39. The summed E-state index contributed by atoms with van der Waals surface area (Å²) in [5, 5.41) is 6.91. The van der Waals surface area contributed by atoms with E-state index in [9.17, 15) is 0 Å². The third-order valence-electron chi connectivity index (χ3n) is 5.39. The highest BCUT2D eigenvalue weighted by Gasteiger charge is 2.19. The van der Waals surface area contributed by atoms with Gasteiger partial charge in [0.1, 0.15) is 5.75 Å². The van der Waals surface area contributed by atoms with Gasteiger partial charge in [0.25, 0.3) is 0 Å². The van der Waals surface area contributed by atoms with Gasteiger partial charge in [0.2, 0.25) is 0 Å². The number of ether oxygens (including phenoxy) is 2. The molecule has 1 fully saturated rings. The summed E-state index contributed by atoms with van der Waals surface area (Å²) < 4.78 is 11.1. The van der Waals surface area contributed by atoms with Crippen molar-refractivity contribution >= 4 is 5.96 Å². The number of guanidine groups is 1. The number of likely N-dealkylation sites (tertiary alicyclic amines) is 1. The molecule has 0 amide bonds. The second-order valence-corrected chi connectivity index (χ2v) is 7.54. The van der Waals surface area contributed by atoms with Crippen LogP contribution in [-0.4, -0.2) is 57.3 Å². The molecule has 0 aliphatic carbocycles. The normalized spacial score (nSPS) is 15.7. The SMILES string of the molecule is CN=C(NCCOCc1ccccc1OC)NC1CCN(Cc2ccccc2)CC1. The molecule has 0 aromatic heterocycles. The Hall–Kier alpha value is -2.57. The standard InChI is InChI=1S/C24H34N4O2/c1-25-24(26-14-17-30-19-21-10-6-7-11-23(21)29-2)27-22-12-15-28(16-13-22)18-20-8-4-3-5-9-20/h3-11,22H,12-19H2,1-2H3,(H2,25,26,27). The number of piperidine rings is 1. The Balaban J connectivity index is 1.31. The summed E-state index contributed by atoms with van der Waals surface area (Å²) in [7, 11) is 3.50. The summed E-state index contributed by atoms with van der Waals surface area (Å²) in [5.74, 6) is 1.71. The van der Waals surface area contributed by atoms with E-state index in [1.165, 1.54) is 5.56 Å². The zero-order valence-electron chi connectivity index (χ0n) is 18.1. The number of hydrogen-bond donors (Lipinski definition) is 2. The van der Waals surface area contributed by atoms with Crippen LogP contribution in [0.3, 0.4) is 0 Å². The fourth-order valence-corrected chi connectivity index (χ4v) is 3.71. The first-order chi connectivity index (χ1) is 14.8. The molecule has 0 spiro atoms. The van der Waals surface area contributed by atoms with Crippen LogP contribution in [0.5, 0.6) is 5.75 Å². The second-order valence-electron chi connectivity index (χ2n) is 7.54. The molecule has 2 N–H and O–H groups in total. The monoisotopic (exact) mass is 410 g/mol. The van der Waals surface area contributed by atoms with Crippen molar-refractivity contribution < 1.29 is 9.47 Å². The summed E-state index contributed by atoms with van der Waals surface area (Å²) in [6.45, 7) is 5.09. The van der Waals surface area contributed by atoms with Gasteiger partial charge in [0.15, 0.2) is 5.96 Å². The molecule has 6 heteroatoms. The molecule has 0 unspecified atom stereocenters. The fourth-order valence-electron chi connectivity index (χ4n) is 3.71. The van der Waals surface area contributed by atoms with Crippen molar-refractivity contribution in [3.05, 3.63) is 65.7 Å². The first-order valence-corrected chi connectivity index (χ1v) is 10.7. The predicted octanol–water partition coefficient (Wildman–Crippen LogP) is 3.04. The molecule has 1 aliphatic rings. The molecule has 0 atom stereocenters. The highest BCUT2D eigenvalue weighted by atomic mass is 16.5. The van der Waals surface area contributed by atoms with Gasteiger partial charge in [-0.25, -0.2) is 0 Å². The maximum atomic E-state index is 5.79. The van der Waals surface area contributed by atoms with Gasteiger partial charge in [0, 0.05) is 44.8 Å². The molecule has 0 saturated carbocycles. The first-order valence-electron chi connectivity index (χ1n) is 10.7. The van der Waals surface area contributed by atoms with Gasteiger partial charge >= 0.3 is 0 Å². The van der Waals surface area contributed by atoms with Crippen molar-refractivity contribution in [3.8, 4) is 5.75 Å². The summed E-state index contributed by atoms with van der Waals surface area (Å²) in [4.78, 5) is 6.88. The number of rotatable bonds is 9. The van der Waals surface area contributed by atoms with Gasteiger partial charge in [-0.15, -0.1) is 0 Å². The van der Waals surface area contributed by atoms with Crippen molar-refractivity contribution in [3.63, 3.8) is 0 Å². The van der Waals surface area contributed by atoms with Gasteiger partial charge in [-0.3, -0.25) is 9.89 Å². The van der Waals surface area contributed by atoms with Gasteiger partial charge in [-0.05, 0) is 24.5 Å². The Morgan fingerprint density at radius 3 is 2.53 bits per heavy atom. The van der Waals surface area contributed by atoms with Crippen LogP contribution in [0.1, 0.15) is 24.0 Å². The highest BCUT2D eigenvalue weighted by Crippen LogP contribution is 2.18. The lowest BCUT2D eigenvalue weighted by Crippen LogP contribution is -2.49. The number of nitrogens with one attached hydrogen (secondary N) is 2. The van der Waals surface area contributed by atoms with Gasteiger partial charge in [0.05, 0.1) is 20.3 Å². The highest BCUT2D eigenvalue weighted by molar-refractivity contribution is 5.79. The number of nitrogens with zero attached hydrogens (tertiary/aromatic N) is 2. The molecule has 2 aromatic carbocycles. The van der Waals surface area contributed by atoms with E-state index in [0.29, 0.717) is 25.8 Å². The minimum Gasteiger partial charge on any atom is -0.496 e. The van der Waals surface area contributed by atoms with E-state index < -0.39 is 0 Å². The summed E-state index contributed by atoms with van der Waals surface area (Å²) in [5.41, 5.74) is 2.44. The average Bonchev–Trinajstić information content (AvgIpc) is 2.80. The van der Waals surface area contributed by atoms with E-state index in [4.69, 9.17) is 9.47 Å². The van der Waals surface area contributed by atoms with Crippen LogP contribution in [0, 0.1) is 0 Å². The maximum absolute atomic E-state index is 5.79. The Bertz CT molecular complexity index is 774. The van der Waals surface area contributed by atoms with Gasteiger partial charge in [-0.2, -0.15) is 0 Å². The van der Waals surface area contributed by atoms with Crippen molar-refractivity contribution in [2.75, 3.05) is 40.4 Å². The van der Waals surface area contributed by atoms with Crippen LogP contribution in [0.2, 0.25) is 0 Å². The number of para-hydroxylation sites is 1. The largest absolute Gasteiger partial charge is 0.496 e. The molecule has 3 rings (SSSR count). The summed E-state index contributed by atoms with van der Waals surface area (Å²) in [6, 6.07) is 19.1. The van der Waals surface area contributed by atoms with Crippen LogP contribution in [-0.2, 0) is 17.9 Å². The first kappa shape index (κ1) is 22.1. The van der Waals surface area contributed by atoms with E-state index in [0.717, 1.165) is 49.7 Å². The number of hydrogen-bond acceptors (Lipinski definition) is 4. The molecular formula is C24H34N4O2. The Labute approximate surface area is 180 Å². The second kappa shape index (κ2) is 12.2. The fraction of sp³-hybridized carbons (Fsp3) is 0.458. The Kier molecular flexibility index (Phi) is 9.00. The minimum absolute atomic E-state index is 0.456. The van der Waals surface area contributed by atoms with Crippen molar-refractivity contribution in [1.29, 1.82) is 0 Å². The number of methoxy groups -OCH3 is 1. The zero-order chi connectivity index (χ0) is 21.0. The van der Waals surface area contributed by atoms with Crippen molar-refractivity contribution in [1.82, 2.24) is 15.5 Å². The molecule has 162 valence electrons. The number of aliphatic imine (C=N–C) groups is 1. The number of benzene rings is 2. The van der Waals surface area contributed by atoms with E-state index in [1.54, 1.807) is 7.11 Å². The van der Waals surface area contributed by atoms with E-state index in [1.807, 2.05) is 31.3 Å². The topological polar surface area (TPSA) is 58.1 Å². The van der Waals surface area contributed by atoms with Crippen molar-refractivity contribution in [2.24, 2.45) is 4.99 Å². The quantitative estimate of drug-likeness (QED) is 0.378. The molecule has 6 nitrogen and oxygen atoms in total. The minimum atomic E-state index is 0.456. The third kappa shape index (κ3) is 7.04. The van der Waals surface area contributed by atoms with Crippen LogP contribution >= 0.6 is 0 Å². The molecule has 2 aromatic rings. The van der Waals surface area contributed by atoms with Gasteiger partial charge < -0.3 is 20.1 Å². The molecule has 0 bridgehead atoms. The summed E-state index contributed by atoms with van der Waals surface area (Å²) >= 11 is 0. The Morgan fingerprint density at radius 2 is 1.80 bits per heavy atom. The van der Waals surface area contributed by atoms with E-state index >= 15 is 0 Å². The lowest BCUT2D eigenvalue weighted by atomic mass is 10.0. The van der Waals surface area contributed by atoms with Crippen molar-refractivity contribution in [2.45, 2.75) is 32.0 Å². The van der Waals surface area contributed by atoms with E-state index in [2.05, 4.69) is 50.9 Å². The average molecular weight is 411 g/mol. The van der Waals surface area contributed by atoms with Crippen LogP contribution in [0.4, 0.5) is 0 Å². The molecule has 1 aliphatic heterocycles. The van der Waals surface area contributed by atoms with Crippen LogP contribution < -0.4 is 15.4 Å². The lowest BCUT2D eigenvalue weighted by molar-refractivity contribution is 0.123. The molecule has 1 heterocycles.